The van der Waals surface area contributed by atoms with E-state index in [2.05, 4.69) is 50.7 Å². The number of benzene rings is 1. The number of rotatable bonds is 6. The Morgan fingerprint density at radius 2 is 2.19 bits per heavy atom. The lowest BCUT2D eigenvalue weighted by Gasteiger charge is -2.16. The number of hydrogen-bond acceptors (Lipinski definition) is 5. The van der Waals surface area contributed by atoms with Gasteiger partial charge in [0.15, 0.2) is 5.82 Å². The average molecular weight is 286 g/mol. The monoisotopic (exact) mass is 286 g/mol. The number of aromatic nitrogens is 2. The van der Waals surface area contributed by atoms with Gasteiger partial charge in [0.2, 0.25) is 5.89 Å². The molecule has 0 spiro atoms. The fraction of sp³-hybridized carbons (Fsp3) is 0.500. The largest absolute Gasteiger partial charge is 0.338 e. The lowest BCUT2D eigenvalue weighted by Crippen LogP contribution is -2.32. The minimum atomic E-state index is 0.521. The van der Waals surface area contributed by atoms with Crippen molar-refractivity contribution in [2.45, 2.75) is 32.4 Å². The highest BCUT2D eigenvalue weighted by Gasteiger charge is 2.22. The molecule has 2 heterocycles. The van der Waals surface area contributed by atoms with Crippen LogP contribution in [0.2, 0.25) is 0 Å². The Labute approximate surface area is 125 Å². The molecule has 1 unspecified atom stereocenters. The van der Waals surface area contributed by atoms with E-state index in [1.165, 1.54) is 12.0 Å². The highest BCUT2D eigenvalue weighted by atomic mass is 16.5. The average Bonchev–Trinajstić information content (AvgIpc) is 3.13. The van der Waals surface area contributed by atoms with Gasteiger partial charge in [-0.15, -0.1) is 0 Å². The quantitative estimate of drug-likeness (QED) is 0.877. The van der Waals surface area contributed by atoms with Gasteiger partial charge in [-0.25, -0.2) is 0 Å². The van der Waals surface area contributed by atoms with Gasteiger partial charge < -0.3 is 14.7 Å². The van der Waals surface area contributed by atoms with Crippen molar-refractivity contribution >= 4 is 0 Å². The van der Waals surface area contributed by atoms with Crippen molar-refractivity contribution in [3.05, 3.63) is 47.6 Å². The van der Waals surface area contributed by atoms with Gasteiger partial charge in [0.1, 0.15) is 0 Å². The van der Waals surface area contributed by atoms with Gasteiger partial charge in [-0.3, -0.25) is 0 Å². The maximum Gasteiger partial charge on any atom is 0.240 e. The van der Waals surface area contributed by atoms with E-state index in [4.69, 9.17) is 4.52 Å². The van der Waals surface area contributed by atoms with Crippen molar-refractivity contribution in [2.24, 2.45) is 0 Å². The standard InChI is InChI=1S/C16H22N4O/c1-13-18-16(21-19-13)11-17-15-8-10-20(12-15)9-7-14-5-3-2-4-6-14/h2-6,15,17H,7-12H2,1H3. The summed E-state index contributed by atoms with van der Waals surface area (Å²) in [6, 6.07) is 11.2. The molecule has 5 nitrogen and oxygen atoms in total. The van der Waals surface area contributed by atoms with Gasteiger partial charge in [0, 0.05) is 19.1 Å². The second kappa shape index (κ2) is 6.83. The summed E-state index contributed by atoms with van der Waals surface area (Å²) in [5, 5.41) is 7.30. The predicted octanol–water partition coefficient (Wildman–Crippen LogP) is 1.78. The summed E-state index contributed by atoms with van der Waals surface area (Å²) in [4.78, 5) is 6.73. The lowest BCUT2D eigenvalue weighted by molar-refractivity contribution is 0.323. The van der Waals surface area contributed by atoms with E-state index in [9.17, 15) is 0 Å². The number of aryl methyl sites for hydroxylation is 1. The van der Waals surface area contributed by atoms with Crippen LogP contribution in [0.25, 0.3) is 0 Å². The van der Waals surface area contributed by atoms with Crippen LogP contribution >= 0.6 is 0 Å². The van der Waals surface area contributed by atoms with E-state index < -0.39 is 0 Å². The summed E-state index contributed by atoms with van der Waals surface area (Å²) in [7, 11) is 0. The molecule has 3 rings (SSSR count). The van der Waals surface area contributed by atoms with Crippen molar-refractivity contribution in [3.8, 4) is 0 Å². The molecule has 0 saturated carbocycles. The molecule has 0 aliphatic carbocycles. The molecule has 1 atom stereocenters. The van der Waals surface area contributed by atoms with Crippen LogP contribution in [0.3, 0.4) is 0 Å². The Bertz CT molecular complexity index is 554. The topological polar surface area (TPSA) is 54.2 Å². The number of likely N-dealkylation sites (tertiary alicyclic amines) is 1. The molecule has 1 aromatic carbocycles. The smallest absolute Gasteiger partial charge is 0.240 e. The minimum Gasteiger partial charge on any atom is -0.338 e. The molecule has 5 heteroatoms. The van der Waals surface area contributed by atoms with Gasteiger partial charge in [-0.2, -0.15) is 4.98 Å². The third-order valence-corrected chi connectivity index (χ3v) is 3.94. The van der Waals surface area contributed by atoms with E-state index in [0.717, 1.165) is 26.1 Å². The van der Waals surface area contributed by atoms with Crippen molar-refractivity contribution in [2.75, 3.05) is 19.6 Å². The Kier molecular flexibility index (Phi) is 4.62. The molecule has 112 valence electrons. The Hall–Kier alpha value is -1.72. The molecule has 0 radical (unpaired) electrons. The molecule has 0 amide bonds. The van der Waals surface area contributed by atoms with Gasteiger partial charge >= 0.3 is 0 Å². The Morgan fingerprint density at radius 3 is 2.95 bits per heavy atom. The summed E-state index contributed by atoms with van der Waals surface area (Å²) in [5.74, 6) is 1.37. The number of nitrogens with zero attached hydrogens (tertiary/aromatic N) is 3. The molecule has 1 aromatic heterocycles. The summed E-state index contributed by atoms with van der Waals surface area (Å²) in [6.45, 7) is 5.89. The minimum absolute atomic E-state index is 0.521. The normalized spacial score (nSPS) is 19.2. The fourth-order valence-corrected chi connectivity index (χ4v) is 2.78. The van der Waals surface area contributed by atoms with Crippen LogP contribution in [-0.4, -0.2) is 40.7 Å². The van der Waals surface area contributed by atoms with Crippen LogP contribution in [0.1, 0.15) is 23.7 Å². The zero-order chi connectivity index (χ0) is 14.5. The van der Waals surface area contributed by atoms with Crippen LogP contribution in [-0.2, 0) is 13.0 Å². The first-order valence-corrected chi connectivity index (χ1v) is 7.58. The molecule has 2 aromatic rings. The van der Waals surface area contributed by atoms with Gasteiger partial charge in [0.25, 0.3) is 0 Å². The molecule has 1 aliphatic heterocycles. The summed E-state index contributed by atoms with van der Waals surface area (Å²) in [6.07, 6.45) is 2.30. The maximum absolute atomic E-state index is 5.12. The molecular weight excluding hydrogens is 264 g/mol. The summed E-state index contributed by atoms with van der Waals surface area (Å²) < 4.78 is 5.12. The third-order valence-electron chi connectivity index (χ3n) is 3.94. The lowest BCUT2D eigenvalue weighted by atomic mass is 10.1. The molecule has 1 N–H and O–H groups in total. The molecular formula is C16H22N4O. The predicted molar refractivity (Wildman–Crippen MR) is 80.9 cm³/mol. The molecule has 21 heavy (non-hydrogen) atoms. The first kappa shape index (κ1) is 14.2. The van der Waals surface area contributed by atoms with E-state index in [1.807, 2.05) is 6.92 Å². The number of nitrogens with one attached hydrogen (secondary N) is 1. The van der Waals surface area contributed by atoms with Crippen LogP contribution in [0.15, 0.2) is 34.9 Å². The van der Waals surface area contributed by atoms with Crippen molar-refractivity contribution < 1.29 is 4.52 Å². The van der Waals surface area contributed by atoms with Crippen molar-refractivity contribution in [1.82, 2.24) is 20.4 Å². The van der Waals surface area contributed by atoms with Crippen LogP contribution < -0.4 is 5.32 Å². The molecule has 1 fully saturated rings. The van der Waals surface area contributed by atoms with Crippen molar-refractivity contribution in [1.29, 1.82) is 0 Å². The highest BCUT2D eigenvalue weighted by Crippen LogP contribution is 2.11. The maximum atomic E-state index is 5.12. The van der Waals surface area contributed by atoms with Gasteiger partial charge in [-0.1, -0.05) is 35.5 Å². The summed E-state index contributed by atoms with van der Waals surface area (Å²) in [5.41, 5.74) is 1.41. The fourth-order valence-electron chi connectivity index (χ4n) is 2.78. The number of hydrogen-bond donors (Lipinski definition) is 1. The van der Waals surface area contributed by atoms with E-state index >= 15 is 0 Å². The third kappa shape index (κ3) is 4.12. The zero-order valence-corrected chi connectivity index (χ0v) is 12.5. The van der Waals surface area contributed by atoms with Crippen LogP contribution in [0.5, 0.6) is 0 Å². The zero-order valence-electron chi connectivity index (χ0n) is 12.5. The first-order chi connectivity index (χ1) is 10.3. The Balaban J connectivity index is 1.39. The SMILES string of the molecule is Cc1noc(CNC2CCN(CCc3ccccc3)C2)n1. The van der Waals surface area contributed by atoms with E-state index in [0.29, 0.717) is 24.3 Å². The van der Waals surface area contributed by atoms with E-state index in [1.54, 1.807) is 0 Å². The van der Waals surface area contributed by atoms with Crippen molar-refractivity contribution in [3.63, 3.8) is 0 Å². The molecule has 1 aliphatic rings. The van der Waals surface area contributed by atoms with E-state index in [-0.39, 0.29) is 0 Å². The van der Waals surface area contributed by atoms with Gasteiger partial charge in [0.05, 0.1) is 6.54 Å². The summed E-state index contributed by atoms with van der Waals surface area (Å²) >= 11 is 0. The molecule has 1 saturated heterocycles. The highest BCUT2D eigenvalue weighted by molar-refractivity contribution is 5.14. The van der Waals surface area contributed by atoms with Crippen LogP contribution in [0, 0.1) is 6.92 Å². The molecule has 0 bridgehead atoms. The van der Waals surface area contributed by atoms with Crippen LogP contribution in [0.4, 0.5) is 0 Å². The Morgan fingerprint density at radius 1 is 1.33 bits per heavy atom. The second-order valence-electron chi connectivity index (χ2n) is 5.64. The first-order valence-electron chi connectivity index (χ1n) is 7.58. The second-order valence-corrected chi connectivity index (χ2v) is 5.64. The van der Waals surface area contributed by atoms with Gasteiger partial charge in [-0.05, 0) is 31.9 Å².